The van der Waals surface area contributed by atoms with Crippen molar-refractivity contribution in [2.75, 3.05) is 45.7 Å². The zero-order valence-electron chi connectivity index (χ0n) is 25.1. The fourth-order valence-electron chi connectivity index (χ4n) is 5.24. The lowest BCUT2D eigenvalue weighted by Gasteiger charge is -2.35. The van der Waals surface area contributed by atoms with E-state index in [0.717, 1.165) is 17.9 Å². The van der Waals surface area contributed by atoms with Crippen LogP contribution in [0.1, 0.15) is 30.9 Å². The summed E-state index contributed by atoms with van der Waals surface area (Å²) in [5, 5.41) is 21.0. The number of aliphatic imine (C=N–C) groups is 1. The number of carbonyl (C=O) groups excluding carboxylic acids is 1. The van der Waals surface area contributed by atoms with Gasteiger partial charge in [-0.05, 0) is 50.1 Å². The lowest BCUT2D eigenvalue weighted by Crippen LogP contribution is -2.47. The zero-order chi connectivity index (χ0) is 32.2. The number of methoxy groups -OCH3 is 1. The lowest BCUT2D eigenvalue weighted by atomic mass is 10.0. The number of phenolic OH excluding ortho intramolecular Hbond substituents is 1. The van der Waals surface area contributed by atoms with E-state index < -0.39 is 35.1 Å². The number of rotatable bonds is 10. The van der Waals surface area contributed by atoms with Crippen LogP contribution in [0.4, 0.5) is 14.5 Å². The number of aromatic nitrogens is 1. The van der Waals surface area contributed by atoms with Crippen molar-refractivity contribution in [3.63, 3.8) is 0 Å². The van der Waals surface area contributed by atoms with Gasteiger partial charge in [-0.15, -0.1) is 0 Å². The second-order valence-electron chi connectivity index (χ2n) is 10.8. The van der Waals surface area contributed by atoms with Crippen molar-refractivity contribution >= 4 is 23.3 Å². The molecule has 5 N–H and O–H groups in total. The Kier molecular flexibility index (Phi) is 9.32. The molecule has 5 rings (SSSR count). The Hall–Kier alpha value is -4.98. The van der Waals surface area contributed by atoms with Gasteiger partial charge in [0.15, 0.2) is 11.5 Å². The average Bonchev–Trinajstić information content (AvgIpc) is 3.47. The fourth-order valence-corrected chi connectivity index (χ4v) is 5.24. The van der Waals surface area contributed by atoms with Gasteiger partial charge < -0.3 is 35.3 Å². The van der Waals surface area contributed by atoms with Crippen LogP contribution in [0.15, 0.2) is 47.5 Å². The third-order valence-corrected chi connectivity index (χ3v) is 7.83. The van der Waals surface area contributed by atoms with Gasteiger partial charge in [0.05, 0.1) is 13.7 Å². The number of anilines is 1. The van der Waals surface area contributed by atoms with Crippen LogP contribution in [0.2, 0.25) is 0 Å². The van der Waals surface area contributed by atoms with E-state index in [1.54, 1.807) is 25.1 Å². The van der Waals surface area contributed by atoms with E-state index in [0.29, 0.717) is 32.5 Å². The number of phenols is 1. The van der Waals surface area contributed by atoms with Gasteiger partial charge >= 0.3 is 5.97 Å². The fraction of sp³-hybridized carbons (Fsp3) is 0.355. The number of ether oxygens (including phenoxy) is 3. The number of nitrogen functional groups attached to an aromatic ring is 1. The molecular formula is C31H35F2N7O5. The number of hydrogen-bond donors (Lipinski definition) is 4. The first-order valence-electron chi connectivity index (χ1n) is 14.4. The predicted molar refractivity (Wildman–Crippen MR) is 164 cm³/mol. The first-order chi connectivity index (χ1) is 21.5. The number of piperidine rings is 1. The van der Waals surface area contributed by atoms with E-state index in [2.05, 4.69) is 15.3 Å². The molecule has 14 heteroatoms. The van der Waals surface area contributed by atoms with Crippen molar-refractivity contribution < 1.29 is 32.9 Å². The third-order valence-electron chi connectivity index (χ3n) is 7.83. The van der Waals surface area contributed by atoms with E-state index in [1.807, 2.05) is 22.9 Å². The lowest BCUT2D eigenvalue weighted by molar-refractivity contribution is -0.146. The highest BCUT2D eigenvalue weighted by molar-refractivity contribution is 6.00. The Morgan fingerprint density at radius 2 is 1.82 bits per heavy atom. The van der Waals surface area contributed by atoms with Crippen LogP contribution < -0.4 is 20.5 Å². The summed E-state index contributed by atoms with van der Waals surface area (Å²) >= 11 is 0. The molecule has 2 aliphatic heterocycles. The SMILES string of the molecule is COC(=O)C(C)N1CCC(Nc2c(F)c(Oc3cccc(C4=NCCN4C)c3)nc(Oc3cc(C(=N)N)ccc3O)c2F)CC1. The van der Waals surface area contributed by atoms with Crippen molar-refractivity contribution in [2.45, 2.75) is 31.8 Å². The van der Waals surface area contributed by atoms with Gasteiger partial charge in [0.25, 0.3) is 11.8 Å². The maximum absolute atomic E-state index is 16.0. The average molecular weight is 624 g/mol. The molecule has 3 aromatic rings. The standard InChI is InChI=1S/C31H35F2N7O5/c1-17(31(42)43-3)40-12-9-20(10-13-40)37-26-24(32)29(44-21-6-4-5-19(15-21)28-36-11-14-39(28)2)38-30(25(26)33)45-23-16-18(27(34)35)7-8-22(23)41/h4-8,15-17,20,41H,9-14H2,1-3H3,(H3,34,35)(H,37,38). The Labute approximate surface area is 258 Å². The Bertz CT molecular complexity index is 1630. The van der Waals surface area contributed by atoms with Crippen LogP contribution in [0.5, 0.6) is 29.0 Å². The second-order valence-corrected chi connectivity index (χ2v) is 10.8. The number of pyridine rings is 1. The minimum Gasteiger partial charge on any atom is -0.504 e. The van der Waals surface area contributed by atoms with Crippen molar-refractivity contribution in [3.8, 4) is 29.0 Å². The highest BCUT2D eigenvalue weighted by Crippen LogP contribution is 2.39. The van der Waals surface area contributed by atoms with Crippen molar-refractivity contribution in [1.29, 1.82) is 5.41 Å². The molecule has 2 aromatic carbocycles. The largest absolute Gasteiger partial charge is 0.504 e. The number of esters is 1. The number of nitrogens with zero attached hydrogens (tertiary/aromatic N) is 4. The van der Waals surface area contributed by atoms with Gasteiger partial charge in [0, 0.05) is 43.9 Å². The summed E-state index contributed by atoms with van der Waals surface area (Å²) < 4.78 is 48.3. The normalized spacial score (nSPS) is 16.2. The number of hydrogen-bond acceptors (Lipinski definition) is 11. The van der Waals surface area contributed by atoms with Crippen molar-refractivity contribution in [1.82, 2.24) is 14.8 Å². The summed E-state index contributed by atoms with van der Waals surface area (Å²) in [7, 11) is 3.24. The topological polar surface area (TPSA) is 159 Å². The van der Waals surface area contributed by atoms with Crippen molar-refractivity contribution in [3.05, 3.63) is 65.2 Å². The summed E-state index contributed by atoms with van der Waals surface area (Å²) in [4.78, 5) is 24.4. The summed E-state index contributed by atoms with van der Waals surface area (Å²) in [6.45, 7) is 4.15. The predicted octanol–water partition coefficient (Wildman–Crippen LogP) is 4.06. The Balaban J connectivity index is 1.47. The van der Waals surface area contributed by atoms with Gasteiger partial charge in [0.1, 0.15) is 29.1 Å². The Morgan fingerprint density at radius 1 is 1.11 bits per heavy atom. The second kappa shape index (κ2) is 13.3. The zero-order valence-corrected chi connectivity index (χ0v) is 25.1. The maximum atomic E-state index is 16.0. The number of likely N-dealkylation sites (tertiary alicyclic amines) is 1. The summed E-state index contributed by atoms with van der Waals surface area (Å²) in [5.74, 6) is -3.74. The van der Waals surface area contributed by atoms with Crippen LogP contribution in [-0.2, 0) is 9.53 Å². The monoisotopic (exact) mass is 623 g/mol. The number of amidine groups is 2. The van der Waals surface area contributed by atoms with Crippen molar-refractivity contribution in [2.24, 2.45) is 10.7 Å². The molecule has 0 aliphatic carbocycles. The molecule has 0 saturated carbocycles. The molecule has 45 heavy (non-hydrogen) atoms. The minimum atomic E-state index is -1.14. The number of likely N-dealkylation sites (N-methyl/N-ethyl adjacent to an activating group) is 1. The number of carbonyl (C=O) groups is 1. The first-order valence-corrected chi connectivity index (χ1v) is 14.4. The van der Waals surface area contributed by atoms with Crippen LogP contribution in [0.25, 0.3) is 0 Å². The van der Waals surface area contributed by atoms with E-state index in [1.165, 1.54) is 25.3 Å². The molecule has 1 fully saturated rings. The van der Waals surface area contributed by atoms with E-state index in [-0.39, 0.29) is 40.7 Å². The maximum Gasteiger partial charge on any atom is 0.322 e. The van der Waals surface area contributed by atoms with Gasteiger partial charge in [-0.2, -0.15) is 13.8 Å². The van der Waals surface area contributed by atoms with Crippen LogP contribution in [0, 0.1) is 17.0 Å². The molecule has 1 saturated heterocycles. The van der Waals surface area contributed by atoms with Gasteiger partial charge in [0.2, 0.25) is 11.6 Å². The molecular weight excluding hydrogens is 588 g/mol. The van der Waals surface area contributed by atoms with E-state index >= 15 is 8.78 Å². The molecule has 0 amide bonds. The first kappa shape index (κ1) is 31.4. The molecule has 238 valence electrons. The number of nitrogens with one attached hydrogen (secondary N) is 2. The van der Waals surface area contributed by atoms with Crippen LogP contribution in [0.3, 0.4) is 0 Å². The quantitative estimate of drug-likeness (QED) is 0.147. The van der Waals surface area contributed by atoms with E-state index in [4.69, 9.17) is 25.4 Å². The molecule has 0 radical (unpaired) electrons. The highest BCUT2D eigenvalue weighted by Gasteiger charge is 2.30. The van der Waals surface area contributed by atoms with Gasteiger partial charge in [-0.1, -0.05) is 12.1 Å². The summed E-state index contributed by atoms with van der Waals surface area (Å²) in [5.41, 5.74) is 6.01. The molecule has 1 aromatic heterocycles. The minimum absolute atomic E-state index is 0.213. The van der Waals surface area contributed by atoms with Crippen LogP contribution >= 0.6 is 0 Å². The molecule has 0 spiro atoms. The summed E-state index contributed by atoms with van der Waals surface area (Å²) in [6.07, 6.45) is 0.960. The van der Waals surface area contributed by atoms with E-state index in [9.17, 15) is 9.90 Å². The molecule has 3 heterocycles. The smallest absolute Gasteiger partial charge is 0.322 e. The molecule has 1 atom stereocenters. The number of benzene rings is 2. The molecule has 2 aliphatic rings. The number of halogens is 2. The number of aromatic hydroxyl groups is 1. The van der Waals surface area contributed by atoms with Gasteiger partial charge in [-0.3, -0.25) is 20.1 Å². The summed E-state index contributed by atoms with van der Waals surface area (Å²) in [6, 6.07) is 9.94. The highest BCUT2D eigenvalue weighted by atomic mass is 19.1. The van der Waals surface area contributed by atoms with Gasteiger partial charge in [-0.25, -0.2) is 0 Å². The molecule has 0 bridgehead atoms. The Morgan fingerprint density at radius 3 is 2.47 bits per heavy atom. The molecule has 1 unspecified atom stereocenters. The van der Waals surface area contributed by atoms with Crippen LogP contribution in [-0.4, -0.2) is 90.0 Å². The number of nitrogens with two attached hydrogens (primary N) is 1. The third kappa shape index (κ3) is 6.90. The molecule has 12 nitrogen and oxygen atoms in total.